The summed E-state index contributed by atoms with van der Waals surface area (Å²) in [5.41, 5.74) is 8.24. The highest BCUT2D eigenvalue weighted by molar-refractivity contribution is 6.23. The summed E-state index contributed by atoms with van der Waals surface area (Å²) >= 11 is 0. The summed E-state index contributed by atoms with van der Waals surface area (Å²) in [5, 5.41) is 4.44. The minimum absolute atomic E-state index is 0.621. The number of rotatable bonds is 5. The van der Waals surface area contributed by atoms with Gasteiger partial charge in [0.2, 0.25) is 5.89 Å². The van der Waals surface area contributed by atoms with Crippen LogP contribution in [0.25, 0.3) is 55.2 Å². The number of nitrogens with zero attached hydrogens (tertiary/aromatic N) is 2. The third kappa shape index (κ3) is 4.11. The Kier molecular flexibility index (Phi) is 5.79. The maximum absolute atomic E-state index is 6.57. The summed E-state index contributed by atoms with van der Waals surface area (Å²) in [6.07, 6.45) is 0. The van der Waals surface area contributed by atoms with Crippen molar-refractivity contribution in [3.05, 3.63) is 158 Å². The van der Waals surface area contributed by atoms with E-state index in [2.05, 4.69) is 144 Å². The molecule has 0 saturated carbocycles. The lowest BCUT2D eigenvalue weighted by Crippen LogP contribution is -2.09. The van der Waals surface area contributed by atoms with Gasteiger partial charge in [0.25, 0.3) is 0 Å². The molecule has 0 aliphatic rings. The fourth-order valence-corrected chi connectivity index (χ4v) is 5.86. The Balaban J connectivity index is 1.33. The van der Waals surface area contributed by atoms with E-state index in [-0.39, 0.29) is 0 Å². The first kappa shape index (κ1) is 24.2. The Morgan fingerprint density at radius 2 is 0.929 bits per heavy atom. The van der Waals surface area contributed by atoms with E-state index in [4.69, 9.17) is 9.40 Å². The van der Waals surface area contributed by atoms with E-state index >= 15 is 0 Å². The molecule has 42 heavy (non-hydrogen) atoms. The molecule has 0 spiro atoms. The zero-order valence-electron chi connectivity index (χ0n) is 22.8. The van der Waals surface area contributed by atoms with Gasteiger partial charge in [0.1, 0.15) is 5.52 Å². The second-order valence-corrected chi connectivity index (χ2v) is 10.4. The lowest BCUT2D eigenvalue weighted by atomic mass is 9.99. The Labute approximate surface area is 243 Å². The van der Waals surface area contributed by atoms with Gasteiger partial charge in [0.05, 0.1) is 0 Å². The van der Waals surface area contributed by atoms with E-state index in [0.29, 0.717) is 5.89 Å². The number of para-hydroxylation sites is 2. The van der Waals surface area contributed by atoms with E-state index in [1.54, 1.807) is 0 Å². The number of benzene rings is 7. The van der Waals surface area contributed by atoms with Crippen LogP contribution in [0, 0.1) is 0 Å². The van der Waals surface area contributed by atoms with Crippen LogP contribution >= 0.6 is 0 Å². The van der Waals surface area contributed by atoms with Crippen molar-refractivity contribution in [2.75, 3.05) is 4.90 Å². The van der Waals surface area contributed by atoms with Crippen molar-refractivity contribution in [1.29, 1.82) is 0 Å². The molecule has 3 nitrogen and oxygen atoms in total. The summed E-state index contributed by atoms with van der Waals surface area (Å²) in [5.74, 6) is 0.621. The maximum atomic E-state index is 6.57. The minimum Gasteiger partial charge on any atom is -0.435 e. The standard InChI is InChI=1S/C39H26N2O/c1-4-12-27(13-5-1)28-20-22-29(23-21-28)39-40-37-36-26-32(24-25-34(36)33-18-10-11-19-35(33)38(37)42-39)41(30-14-6-2-7-15-30)31-16-8-3-9-17-31/h1-26H. The van der Waals surface area contributed by atoms with Crippen molar-refractivity contribution in [1.82, 2.24) is 4.98 Å². The summed E-state index contributed by atoms with van der Waals surface area (Å²) in [7, 11) is 0. The smallest absolute Gasteiger partial charge is 0.227 e. The van der Waals surface area contributed by atoms with Crippen LogP contribution in [0.2, 0.25) is 0 Å². The lowest BCUT2D eigenvalue weighted by molar-refractivity contribution is 0.623. The maximum Gasteiger partial charge on any atom is 0.227 e. The predicted molar refractivity (Wildman–Crippen MR) is 175 cm³/mol. The molecule has 7 aromatic carbocycles. The molecule has 0 atom stereocenters. The highest BCUT2D eigenvalue weighted by atomic mass is 16.3. The predicted octanol–water partition coefficient (Wildman–Crippen LogP) is 10.9. The molecule has 3 heteroatoms. The van der Waals surface area contributed by atoms with E-state index in [1.807, 2.05) is 18.2 Å². The van der Waals surface area contributed by atoms with Gasteiger partial charge in [-0.05, 0) is 70.4 Å². The minimum atomic E-state index is 0.621. The molecule has 0 N–H and O–H groups in total. The average Bonchev–Trinajstić information content (AvgIpc) is 3.53. The monoisotopic (exact) mass is 538 g/mol. The van der Waals surface area contributed by atoms with Gasteiger partial charge >= 0.3 is 0 Å². The van der Waals surface area contributed by atoms with Gasteiger partial charge in [0.15, 0.2) is 5.58 Å². The van der Waals surface area contributed by atoms with Gasteiger partial charge in [0, 0.05) is 33.4 Å². The SMILES string of the molecule is c1ccc(-c2ccc(-c3nc4c5cc(N(c6ccccc6)c6ccccc6)ccc5c5ccccc5c4o3)cc2)cc1. The summed E-state index contributed by atoms with van der Waals surface area (Å²) in [6, 6.07) is 54.9. The topological polar surface area (TPSA) is 29.3 Å². The van der Waals surface area contributed by atoms with Crippen LogP contribution in [0.1, 0.15) is 0 Å². The largest absolute Gasteiger partial charge is 0.435 e. The van der Waals surface area contributed by atoms with Gasteiger partial charge < -0.3 is 9.32 Å². The molecule has 198 valence electrons. The van der Waals surface area contributed by atoms with Crippen molar-refractivity contribution in [2.45, 2.75) is 0 Å². The number of oxazole rings is 1. The average molecular weight is 539 g/mol. The van der Waals surface area contributed by atoms with Crippen LogP contribution in [0.4, 0.5) is 17.1 Å². The number of fused-ring (bicyclic) bond motifs is 6. The fraction of sp³-hybridized carbons (Fsp3) is 0. The molecule has 8 aromatic rings. The first-order chi connectivity index (χ1) is 20.8. The molecule has 1 aromatic heterocycles. The molecular weight excluding hydrogens is 512 g/mol. The second kappa shape index (κ2) is 10.1. The first-order valence-corrected chi connectivity index (χ1v) is 14.1. The molecule has 0 bridgehead atoms. The number of anilines is 3. The van der Waals surface area contributed by atoms with E-state index in [9.17, 15) is 0 Å². The number of hydrogen-bond acceptors (Lipinski definition) is 3. The Hall–Kier alpha value is -5.67. The van der Waals surface area contributed by atoms with Crippen molar-refractivity contribution < 1.29 is 4.42 Å². The third-order valence-electron chi connectivity index (χ3n) is 7.87. The quantitative estimate of drug-likeness (QED) is 0.204. The molecule has 1 heterocycles. The summed E-state index contributed by atoms with van der Waals surface area (Å²) < 4.78 is 6.57. The van der Waals surface area contributed by atoms with Crippen LogP contribution in [-0.4, -0.2) is 4.98 Å². The van der Waals surface area contributed by atoms with E-state index in [1.165, 1.54) is 5.56 Å². The lowest BCUT2D eigenvalue weighted by Gasteiger charge is -2.25. The van der Waals surface area contributed by atoms with Crippen LogP contribution < -0.4 is 4.90 Å². The van der Waals surface area contributed by atoms with Crippen molar-refractivity contribution in [3.8, 4) is 22.6 Å². The van der Waals surface area contributed by atoms with Crippen molar-refractivity contribution in [2.24, 2.45) is 0 Å². The van der Waals surface area contributed by atoms with Gasteiger partial charge in [-0.3, -0.25) is 0 Å². The molecular formula is C39H26N2O. The van der Waals surface area contributed by atoms with Gasteiger partial charge in [-0.15, -0.1) is 0 Å². The molecule has 0 saturated heterocycles. The zero-order valence-corrected chi connectivity index (χ0v) is 22.8. The summed E-state index contributed by atoms with van der Waals surface area (Å²) in [6.45, 7) is 0. The Morgan fingerprint density at radius 3 is 1.60 bits per heavy atom. The Bertz CT molecular complexity index is 2130. The van der Waals surface area contributed by atoms with Crippen LogP contribution in [0.5, 0.6) is 0 Å². The van der Waals surface area contributed by atoms with Gasteiger partial charge in [-0.25, -0.2) is 4.98 Å². The van der Waals surface area contributed by atoms with Crippen LogP contribution in [0.3, 0.4) is 0 Å². The van der Waals surface area contributed by atoms with Gasteiger partial charge in [-0.1, -0.05) is 109 Å². The highest BCUT2D eigenvalue weighted by Gasteiger charge is 2.19. The van der Waals surface area contributed by atoms with Crippen molar-refractivity contribution in [3.63, 3.8) is 0 Å². The molecule has 0 unspecified atom stereocenters. The molecule has 0 radical (unpaired) electrons. The summed E-state index contributed by atoms with van der Waals surface area (Å²) in [4.78, 5) is 7.41. The zero-order chi connectivity index (χ0) is 27.9. The molecule has 0 aliphatic heterocycles. The first-order valence-electron chi connectivity index (χ1n) is 14.1. The van der Waals surface area contributed by atoms with Crippen LogP contribution in [0.15, 0.2) is 162 Å². The third-order valence-corrected chi connectivity index (χ3v) is 7.87. The van der Waals surface area contributed by atoms with Gasteiger partial charge in [-0.2, -0.15) is 0 Å². The molecule has 0 amide bonds. The van der Waals surface area contributed by atoms with Crippen LogP contribution in [-0.2, 0) is 0 Å². The molecule has 0 fully saturated rings. The molecule has 8 rings (SSSR count). The number of aromatic nitrogens is 1. The molecule has 0 aliphatic carbocycles. The normalized spacial score (nSPS) is 11.3. The van der Waals surface area contributed by atoms with E-state index in [0.717, 1.165) is 60.8 Å². The van der Waals surface area contributed by atoms with E-state index < -0.39 is 0 Å². The highest BCUT2D eigenvalue weighted by Crippen LogP contribution is 2.41. The van der Waals surface area contributed by atoms with Crippen molar-refractivity contribution >= 4 is 49.7 Å². The number of hydrogen-bond donors (Lipinski definition) is 0. The fourth-order valence-electron chi connectivity index (χ4n) is 5.86. The second-order valence-electron chi connectivity index (χ2n) is 10.4. The Morgan fingerprint density at radius 1 is 0.405 bits per heavy atom.